The molecule has 1 aliphatic rings. The van der Waals surface area contributed by atoms with Gasteiger partial charge in [0, 0.05) is 24.0 Å². The van der Waals surface area contributed by atoms with E-state index in [1.165, 1.54) is 11.1 Å². The number of nitrogens with zero attached hydrogens (tertiary/aromatic N) is 1. The van der Waals surface area contributed by atoms with Crippen LogP contribution >= 0.6 is 11.6 Å². The van der Waals surface area contributed by atoms with Crippen molar-refractivity contribution in [3.8, 4) is 0 Å². The summed E-state index contributed by atoms with van der Waals surface area (Å²) in [7, 11) is 0. The van der Waals surface area contributed by atoms with E-state index in [9.17, 15) is 5.11 Å². The second-order valence-electron chi connectivity index (χ2n) is 3.78. The fraction of sp³-hybridized carbons (Fsp3) is 0.273. The van der Waals surface area contributed by atoms with E-state index >= 15 is 0 Å². The number of benzene rings is 1. The summed E-state index contributed by atoms with van der Waals surface area (Å²) in [5.41, 5.74) is 2.24. The van der Waals surface area contributed by atoms with Gasteiger partial charge in [0.05, 0.1) is 16.6 Å². The summed E-state index contributed by atoms with van der Waals surface area (Å²) >= 11 is 6.13. The summed E-state index contributed by atoms with van der Waals surface area (Å²) < 4.78 is 2.11. The Morgan fingerprint density at radius 3 is 3.14 bits per heavy atom. The van der Waals surface area contributed by atoms with Crippen molar-refractivity contribution < 1.29 is 5.11 Å². The minimum atomic E-state index is -0.245. The van der Waals surface area contributed by atoms with Gasteiger partial charge in [0.15, 0.2) is 0 Å². The Kier molecular flexibility index (Phi) is 1.64. The molecule has 2 aromatic rings. The van der Waals surface area contributed by atoms with Gasteiger partial charge in [-0.2, -0.15) is 0 Å². The van der Waals surface area contributed by atoms with E-state index in [0.29, 0.717) is 6.54 Å². The Balaban J connectivity index is 2.35. The number of fused-ring (bicyclic) bond motifs is 3. The van der Waals surface area contributed by atoms with E-state index in [-0.39, 0.29) is 6.10 Å². The molecule has 0 saturated carbocycles. The fourth-order valence-corrected chi connectivity index (χ4v) is 2.51. The summed E-state index contributed by atoms with van der Waals surface area (Å²) in [6.45, 7) is 0.669. The zero-order chi connectivity index (χ0) is 9.71. The molecular weight excluding hydrogens is 198 g/mol. The average Bonchev–Trinajstić information content (AvgIpc) is 2.60. The van der Waals surface area contributed by atoms with Crippen LogP contribution in [0.2, 0.25) is 5.02 Å². The van der Waals surface area contributed by atoms with Crippen LogP contribution in [0.1, 0.15) is 5.69 Å². The third-order valence-corrected chi connectivity index (χ3v) is 3.10. The first kappa shape index (κ1) is 8.33. The van der Waals surface area contributed by atoms with E-state index in [1.807, 2.05) is 12.1 Å². The highest BCUT2D eigenvalue weighted by molar-refractivity contribution is 6.35. The summed E-state index contributed by atoms with van der Waals surface area (Å²) in [4.78, 5) is 0. The average molecular weight is 208 g/mol. The van der Waals surface area contributed by atoms with E-state index in [1.54, 1.807) is 0 Å². The van der Waals surface area contributed by atoms with Gasteiger partial charge < -0.3 is 9.67 Å². The van der Waals surface area contributed by atoms with Crippen LogP contribution in [0.3, 0.4) is 0 Å². The van der Waals surface area contributed by atoms with Crippen molar-refractivity contribution in [2.24, 2.45) is 0 Å². The smallest absolute Gasteiger partial charge is 0.0773 e. The van der Waals surface area contributed by atoms with Gasteiger partial charge in [-0.3, -0.25) is 0 Å². The molecular formula is C11H10ClNO. The van der Waals surface area contributed by atoms with Crippen molar-refractivity contribution in [3.05, 3.63) is 35.0 Å². The number of rotatable bonds is 0. The van der Waals surface area contributed by atoms with Gasteiger partial charge in [-0.1, -0.05) is 23.7 Å². The molecule has 14 heavy (non-hydrogen) atoms. The number of aliphatic hydroxyl groups is 1. The summed E-state index contributed by atoms with van der Waals surface area (Å²) in [5.74, 6) is 0. The van der Waals surface area contributed by atoms with Crippen molar-refractivity contribution in [2.45, 2.75) is 19.1 Å². The maximum absolute atomic E-state index is 9.53. The molecule has 1 atom stereocenters. The molecule has 3 heteroatoms. The van der Waals surface area contributed by atoms with Crippen LogP contribution in [0.25, 0.3) is 10.9 Å². The third kappa shape index (κ3) is 1.01. The molecule has 1 N–H and O–H groups in total. The van der Waals surface area contributed by atoms with Crippen LogP contribution in [0, 0.1) is 0 Å². The first-order chi connectivity index (χ1) is 6.75. The molecule has 0 radical (unpaired) electrons. The second kappa shape index (κ2) is 2.75. The van der Waals surface area contributed by atoms with Crippen LogP contribution in [-0.2, 0) is 13.0 Å². The van der Waals surface area contributed by atoms with E-state index in [4.69, 9.17) is 11.6 Å². The predicted molar refractivity (Wildman–Crippen MR) is 56.7 cm³/mol. The Hall–Kier alpha value is -0.990. The minimum absolute atomic E-state index is 0.245. The molecule has 72 valence electrons. The zero-order valence-corrected chi connectivity index (χ0v) is 8.33. The number of hydrogen-bond acceptors (Lipinski definition) is 1. The largest absolute Gasteiger partial charge is 0.391 e. The maximum atomic E-state index is 9.53. The summed E-state index contributed by atoms with van der Waals surface area (Å²) in [5, 5.41) is 11.5. The fourth-order valence-electron chi connectivity index (χ4n) is 2.23. The molecule has 1 unspecified atom stereocenters. The van der Waals surface area contributed by atoms with Gasteiger partial charge >= 0.3 is 0 Å². The van der Waals surface area contributed by atoms with Gasteiger partial charge in [-0.25, -0.2) is 0 Å². The van der Waals surface area contributed by atoms with Gasteiger partial charge in [-0.15, -0.1) is 0 Å². The number of halogens is 1. The lowest BCUT2D eigenvalue weighted by molar-refractivity contribution is 0.176. The molecule has 0 amide bonds. The quantitative estimate of drug-likeness (QED) is 0.704. The van der Waals surface area contributed by atoms with Crippen molar-refractivity contribution in [2.75, 3.05) is 0 Å². The topological polar surface area (TPSA) is 25.2 Å². The van der Waals surface area contributed by atoms with Crippen molar-refractivity contribution >= 4 is 22.5 Å². The lowest BCUT2D eigenvalue weighted by Gasteiger charge is -2.03. The summed E-state index contributed by atoms with van der Waals surface area (Å²) in [6.07, 6.45) is 0.496. The van der Waals surface area contributed by atoms with Crippen molar-refractivity contribution in [3.63, 3.8) is 0 Å². The minimum Gasteiger partial charge on any atom is -0.391 e. The number of aromatic nitrogens is 1. The molecule has 1 aromatic carbocycles. The van der Waals surface area contributed by atoms with Crippen LogP contribution in [0.5, 0.6) is 0 Å². The molecule has 1 aromatic heterocycles. The molecule has 0 saturated heterocycles. The van der Waals surface area contributed by atoms with Crippen molar-refractivity contribution in [1.82, 2.24) is 4.57 Å². The van der Waals surface area contributed by atoms with Gasteiger partial charge in [0.25, 0.3) is 0 Å². The normalized spacial score (nSPS) is 20.3. The highest BCUT2D eigenvalue weighted by Crippen LogP contribution is 2.30. The van der Waals surface area contributed by atoms with Crippen molar-refractivity contribution in [1.29, 1.82) is 0 Å². The van der Waals surface area contributed by atoms with Gasteiger partial charge in [0.2, 0.25) is 0 Å². The van der Waals surface area contributed by atoms with Crippen LogP contribution in [0.4, 0.5) is 0 Å². The molecule has 1 aliphatic heterocycles. The van der Waals surface area contributed by atoms with E-state index < -0.39 is 0 Å². The maximum Gasteiger partial charge on any atom is 0.0773 e. The SMILES string of the molecule is OC1Cc2cc3cccc(Cl)c3n2C1. The van der Waals surface area contributed by atoms with Crippen LogP contribution in [0.15, 0.2) is 24.3 Å². The highest BCUT2D eigenvalue weighted by Gasteiger charge is 2.22. The molecule has 0 aliphatic carbocycles. The molecule has 3 rings (SSSR count). The van der Waals surface area contributed by atoms with Crippen LogP contribution < -0.4 is 0 Å². The molecule has 2 nitrogen and oxygen atoms in total. The Labute approximate surface area is 86.7 Å². The second-order valence-corrected chi connectivity index (χ2v) is 4.19. The molecule has 0 spiro atoms. The lowest BCUT2D eigenvalue weighted by Crippen LogP contribution is -2.07. The van der Waals surface area contributed by atoms with Gasteiger partial charge in [-0.05, 0) is 12.1 Å². The number of hydrogen-bond donors (Lipinski definition) is 1. The third-order valence-electron chi connectivity index (χ3n) is 2.79. The Morgan fingerprint density at radius 2 is 2.29 bits per heavy atom. The van der Waals surface area contributed by atoms with E-state index in [2.05, 4.69) is 16.7 Å². The molecule has 2 heterocycles. The first-order valence-electron chi connectivity index (χ1n) is 4.70. The molecule has 0 fully saturated rings. The lowest BCUT2D eigenvalue weighted by atomic mass is 10.2. The first-order valence-corrected chi connectivity index (χ1v) is 5.08. The summed E-state index contributed by atoms with van der Waals surface area (Å²) in [6, 6.07) is 8.01. The standard InChI is InChI=1S/C11H10ClNO/c12-10-3-1-2-7-4-8-5-9(14)6-13(8)11(7)10/h1-4,9,14H,5-6H2. The predicted octanol–water partition coefficient (Wildman–Crippen LogP) is 2.21. The zero-order valence-electron chi connectivity index (χ0n) is 7.57. The van der Waals surface area contributed by atoms with Crippen LogP contribution in [-0.4, -0.2) is 15.8 Å². The van der Waals surface area contributed by atoms with E-state index in [0.717, 1.165) is 17.0 Å². The number of para-hydroxylation sites is 1. The Morgan fingerprint density at radius 1 is 1.43 bits per heavy atom. The highest BCUT2D eigenvalue weighted by atomic mass is 35.5. The Bertz CT molecular complexity index is 503. The number of aliphatic hydroxyl groups excluding tert-OH is 1. The monoisotopic (exact) mass is 207 g/mol. The van der Waals surface area contributed by atoms with Gasteiger partial charge in [0.1, 0.15) is 0 Å². The molecule has 0 bridgehead atoms.